The lowest BCUT2D eigenvalue weighted by molar-refractivity contribution is -0.0576. The number of nitrogens with zero attached hydrogens (tertiary/aromatic N) is 3. The molecule has 0 radical (unpaired) electrons. The molecule has 3 unspecified atom stereocenters. The van der Waals surface area contributed by atoms with E-state index in [1.165, 1.54) is 18.0 Å². The Balaban J connectivity index is 1.83. The number of phosphoric acid groups is 1. The molecule has 1 saturated heterocycles. The highest BCUT2D eigenvalue weighted by atomic mass is 31.3. The molecule has 2 aromatic heterocycles. The molecular formula is C12H19N5O10P2. The van der Waals surface area contributed by atoms with Gasteiger partial charge in [0, 0.05) is 13.8 Å². The molecule has 0 aliphatic carbocycles. The van der Waals surface area contributed by atoms with E-state index in [2.05, 4.69) is 23.8 Å². The standard InChI is InChI=1S/C12H19N5O10P2/c1-24-8-7(18)5(3-25-29(22,23)27-28(2,20)21)26-11(8)17-4-14-6-9(17)15-12(13)16-10(6)19/h4-5,7-8,11,18H,3H2,1-2H3,(H,20,21)(H,22,23)(H3,13,15,16,19)/t5-,7+,8?,11-/m1/s1. The van der Waals surface area contributed by atoms with E-state index in [0.717, 1.165) is 0 Å². The molecule has 0 saturated carbocycles. The number of fused-ring (bicyclic) bond motifs is 1. The van der Waals surface area contributed by atoms with Gasteiger partial charge in [-0.25, -0.2) is 13.9 Å². The minimum absolute atomic E-state index is 0.0262. The summed E-state index contributed by atoms with van der Waals surface area (Å²) in [7, 11) is -7.90. The number of imidazole rings is 1. The van der Waals surface area contributed by atoms with Gasteiger partial charge in [-0.05, 0) is 0 Å². The Morgan fingerprint density at radius 1 is 1.41 bits per heavy atom. The number of nitrogen functional groups attached to an aromatic ring is 1. The molecule has 0 aromatic carbocycles. The number of hydrogen-bond donors (Lipinski definition) is 5. The first-order valence-corrected chi connectivity index (χ1v) is 11.5. The van der Waals surface area contributed by atoms with Crippen molar-refractivity contribution in [3.05, 3.63) is 16.7 Å². The molecule has 3 heterocycles. The van der Waals surface area contributed by atoms with Crippen molar-refractivity contribution < 1.29 is 42.3 Å². The largest absolute Gasteiger partial charge is 0.479 e. The monoisotopic (exact) mass is 455 g/mol. The SMILES string of the molecule is COC1[C@@H](O)[C@@H](COP(=O)(O)OP(C)(=O)O)O[C@H]1n1cnc2c(=O)[nH]c(N)nc21. The van der Waals surface area contributed by atoms with Gasteiger partial charge in [0.25, 0.3) is 5.56 Å². The molecule has 3 rings (SSSR count). The number of aromatic nitrogens is 4. The van der Waals surface area contributed by atoms with Crippen LogP contribution in [0.5, 0.6) is 0 Å². The fourth-order valence-corrected chi connectivity index (χ4v) is 4.90. The first kappa shape index (κ1) is 22.0. The number of H-pyrrole nitrogens is 1. The number of phosphoric ester groups is 1. The van der Waals surface area contributed by atoms with E-state index in [0.29, 0.717) is 6.66 Å². The Morgan fingerprint density at radius 3 is 2.72 bits per heavy atom. The molecular weight excluding hydrogens is 436 g/mol. The molecule has 17 heteroatoms. The summed E-state index contributed by atoms with van der Waals surface area (Å²) in [6, 6.07) is 0. The summed E-state index contributed by atoms with van der Waals surface area (Å²) in [5.74, 6) is -0.164. The van der Waals surface area contributed by atoms with E-state index in [4.69, 9.17) is 20.1 Å². The fourth-order valence-electron chi connectivity index (χ4n) is 2.85. The van der Waals surface area contributed by atoms with E-state index in [9.17, 15) is 23.9 Å². The summed E-state index contributed by atoms with van der Waals surface area (Å²) in [4.78, 5) is 40.7. The van der Waals surface area contributed by atoms with Crippen LogP contribution < -0.4 is 11.3 Å². The number of aliphatic hydroxyl groups is 1. The highest BCUT2D eigenvalue weighted by Crippen LogP contribution is 2.58. The van der Waals surface area contributed by atoms with Gasteiger partial charge in [-0.2, -0.15) is 4.98 Å². The first-order chi connectivity index (χ1) is 13.4. The van der Waals surface area contributed by atoms with Crippen LogP contribution in [0.1, 0.15) is 6.23 Å². The number of aromatic amines is 1. The van der Waals surface area contributed by atoms with E-state index in [1.807, 2.05) is 0 Å². The average molecular weight is 455 g/mol. The Labute approximate surface area is 162 Å². The van der Waals surface area contributed by atoms with Crippen molar-refractivity contribution in [2.75, 3.05) is 26.1 Å². The van der Waals surface area contributed by atoms with Gasteiger partial charge in [0.05, 0.1) is 12.9 Å². The maximum absolute atomic E-state index is 11.9. The second kappa shape index (κ2) is 7.87. The van der Waals surface area contributed by atoms with Crippen LogP contribution in [0.25, 0.3) is 11.2 Å². The molecule has 0 amide bonds. The number of ether oxygens (including phenoxy) is 2. The summed E-state index contributed by atoms with van der Waals surface area (Å²) < 4.78 is 43.8. The van der Waals surface area contributed by atoms with Crippen molar-refractivity contribution in [1.82, 2.24) is 19.5 Å². The zero-order chi connectivity index (χ0) is 21.6. The number of nitrogens with one attached hydrogen (secondary N) is 1. The van der Waals surface area contributed by atoms with Gasteiger partial charge in [0.1, 0.15) is 18.3 Å². The van der Waals surface area contributed by atoms with Crippen LogP contribution in [0, 0.1) is 0 Å². The van der Waals surface area contributed by atoms with Crippen LogP contribution in [0.2, 0.25) is 0 Å². The smallest absolute Gasteiger partial charge is 0.387 e. The van der Waals surface area contributed by atoms with Crippen LogP contribution >= 0.6 is 15.4 Å². The number of aliphatic hydroxyl groups excluding tert-OH is 1. The molecule has 6 atom stereocenters. The van der Waals surface area contributed by atoms with Crippen molar-refractivity contribution in [3.8, 4) is 0 Å². The van der Waals surface area contributed by atoms with Crippen molar-refractivity contribution in [3.63, 3.8) is 0 Å². The molecule has 162 valence electrons. The second-order valence-electron chi connectivity index (χ2n) is 6.18. The van der Waals surface area contributed by atoms with E-state index in [-0.39, 0.29) is 17.1 Å². The van der Waals surface area contributed by atoms with Crippen LogP contribution in [0.4, 0.5) is 5.95 Å². The van der Waals surface area contributed by atoms with Gasteiger partial charge < -0.3 is 30.1 Å². The summed E-state index contributed by atoms with van der Waals surface area (Å²) in [5.41, 5.74) is 5.01. The maximum Gasteiger partial charge on any atom is 0.479 e. The number of nitrogens with two attached hydrogens (primary N) is 1. The highest BCUT2D eigenvalue weighted by Gasteiger charge is 2.47. The number of hydrogen-bond acceptors (Lipinski definition) is 11. The Kier molecular flexibility index (Phi) is 5.98. The van der Waals surface area contributed by atoms with Crippen molar-refractivity contribution >= 4 is 32.5 Å². The first-order valence-electron chi connectivity index (χ1n) is 7.99. The topological polar surface area (TPSA) is 221 Å². The summed E-state index contributed by atoms with van der Waals surface area (Å²) in [6.07, 6.45) is -3.35. The van der Waals surface area contributed by atoms with Crippen molar-refractivity contribution in [1.29, 1.82) is 0 Å². The van der Waals surface area contributed by atoms with Gasteiger partial charge in [-0.3, -0.25) is 23.4 Å². The second-order valence-corrected chi connectivity index (χ2v) is 9.63. The van der Waals surface area contributed by atoms with Gasteiger partial charge in [-0.15, -0.1) is 0 Å². The summed E-state index contributed by atoms with van der Waals surface area (Å²) >= 11 is 0. The third kappa shape index (κ3) is 4.74. The molecule has 29 heavy (non-hydrogen) atoms. The summed E-state index contributed by atoms with van der Waals surface area (Å²) in [6.45, 7) is 0.0375. The minimum atomic E-state index is -4.89. The van der Waals surface area contributed by atoms with Gasteiger partial charge >= 0.3 is 15.4 Å². The van der Waals surface area contributed by atoms with Crippen molar-refractivity contribution in [2.24, 2.45) is 0 Å². The third-order valence-electron chi connectivity index (χ3n) is 3.97. The van der Waals surface area contributed by atoms with Gasteiger partial charge in [0.15, 0.2) is 17.4 Å². The average Bonchev–Trinajstić information content (AvgIpc) is 3.11. The zero-order valence-corrected chi connectivity index (χ0v) is 16.9. The fraction of sp³-hybridized carbons (Fsp3) is 0.583. The molecule has 15 nitrogen and oxygen atoms in total. The lowest BCUT2D eigenvalue weighted by atomic mass is 10.1. The van der Waals surface area contributed by atoms with Crippen LogP contribution in [-0.4, -0.2) is 73.1 Å². The maximum atomic E-state index is 11.9. The van der Waals surface area contributed by atoms with Crippen LogP contribution in [0.3, 0.4) is 0 Å². The Morgan fingerprint density at radius 2 is 2.10 bits per heavy atom. The molecule has 0 spiro atoms. The van der Waals surface area contributed by atoms with Gasteiger partial charge in [0.2, 0.25) is 5.95 Å². The van der Waals surface area contributed by atoms with E-state index < -0.39 is 52.1 Å². The van der Waals surface area contributed by atoms with Gasteiger partial charge in [-0.1, -0.05) is 0 Å². The lowest BCUT2D eigenvalue weighted by Gasteiger charge is -2.19. The Hall–Kier alpha value is -1.67. The molecule has 1 fully saturated rings. The van der Waals surface area contributed by atoms with Crippen LogP contribution in [-0.2, 0) is 27.4 Å². The third-order valence-corrected chi connectivity index (χ3v) is 6.48. The van der Waals surface area contributed by atoms with Crippen LogP contribution in [0.15, 0.2) is 11.1 Å². The quantitative estimate of drug-likeness (QED) is 0.314. The number of anilines is 1. The lowest BCUT2D eigenvalue weighted by Crippen LogP contribution is -2.35. The number of rotatable bonds is 7. The Bertz CT molecular complexity index is 1050. The molecule has 0 bridgehead atoms. The predicted molar refractivity (Wildman–Crippen MR) is 95.9 cm³/mol. The number of methoxy groups -OCH3 is 1. The minimum Gasteiger partial charge on any atom is -0.387 e. The molecule has 1 aliphatic heterocycles. The zero-order valence-electron chi connectivity index (χ0n) is 15.1. The predicted octanol–water partition coefficient (Wildman–Crippen LogP) is -1.08. The molecule has 2 aromatic rings. The highest BCUT2D eigenvalue weighted by molar-refractivity contribution is 7.63. The van der Waals surface area contributed by atoms with E-state index >= 15 is 0 Å². The summed E-state index contributed by atoms with van der Waals surface area (Å²) in [5, 5.41) is 10.4. The van der Waals surface area contributed by atoms with Crippen molar-refractivity contribution in [2.45, 2.75) is 24.5 Å². The normalized spacial score (nSPS) is 29.0. The molecule has 1 aliphatic rings. The molecule has 6 N–H and O–H groups in total. The van der Waals surface area contributed by atoms with E-state index in [1.54, 1.807) is 0 Å².